The van der Waals surface area contributed by atoms with Crippen LogP contribution in [0.1, 0.15) is 92.4 Å². The monoisotopic (exact) mass is 761 g/mol. The van der Waals surface area contributed by atoms with Gasteiger partial charge < -0.3 is 47.5 Å². The summed E-state index contributed by atoms with van der Waals surface area (Å²) < 4.78 is 56.8. The van der Waals surface area contributed by atoms with Crippen LogP contribution in [0.5, 0.6) is 0 Å². The summed E-state index contributed by atoms with van der Waals surface area (Å²) in [6.45, 7) is 10.7. The number of rotatable bonds is 10. The number of fused-ring (bicyclic) bond motifs is 8. The summed E-state index contributed by atoms with van der Waals surface area (Å²) in [6, 6.07) is 0.334. The van der Waals surface area contributed by atoms with Crippen molar-refractivity contribution in [1.29, 1.82) is 0 Å². The number of esters is 1. The molecular weight excluding hydrogens is 694 g/mol. The Hall–Kier alpha value is -1.48. The van der Waals surface area contributed by atoms with E-state index in [0.717, 1.165) is 50.5 Å². The maximum absolute atomic E-state index is 14.8. The van der Waals surface area contributed by atoms with E-state index in [4.69, 9.17) is 42.6 Å². The van der Waals surface area contributed by atoms with Gasteiger partial charge in [0.05, 0.1) is 43.0 Å². The zero-order valence-corrected chi connectivity index (χ0v) is 34.1. The van der Waals surface area contributed by atoms with E-state index in [0.29, 0.717) is 25.0 Å². The molecule has 0 aromatic rings. The Morgan fingerprint density at radius 1 is 0.833 bits per heavy atom. The molecule has 12 nitrogen and oxygen atoms in total. The van der Waals surface area contributed by atoms with Gasteiger partial charge in [-0.25, -0.2) is 0 Å². The van der Waals surface area contributed by atoms with Gasteiger partial charge in [0.2, 0.25) is 0 Å². The minimum absolute atomic E-state index is 0.0100. The molecule has 2 saturated carbocycles. The van der Waals surface area contributed by atoms with Gasteiger partial charge in [-0.05, 0) is 110 Å². The molecule has 7 aliphatic rings. The normalized spacial score (nSPS) is 48.1. The molecule has 4 heterocycles. The van der Waals surface area contributed by atoms with Gasteiger partial charge in [-0.3, -0.25) is 9.59 Å². The van der Waals surface area contributed by atoms with Crippen molar-refractivity contribution < 1.29 is 52.2 Å². The summed E-state index contributed by atoms with van der Waals surface area (Å²) in [5.74, 6) is -0.0633. The second-order valence-corrected chi connectivity index (χ2v) is 17.4. The predicted molar refractivity (Wildman–Crippen MR) is 198 cm³/mol. The molecule has 12 heteroatoms. The molecule has 6 fully saturated rings. The number of epoxide rings is 1. The van der Waals surface area contributed by atoms with Crippen LogP contribution in [0.3, 0.4) is 0 Å². The average Bonchev–Trinajstić information content (AvgIpc) is 3.68. The SMILES string of the molecule is CCOC1[C@@H](OC)C(C)O[C@@H](O[C@@H]2C[C@@H]3[C@@H](C2)[C@@H]2C=C4C(=O)[C@H](C)[C@@H](O[C@H]5CC[C@H](N(C)C)C(C)O5)CCC[C@H](CC)OC(=O)C[C@H]4[C@@H]2[C@@H]2O[C@H]32)[C@H]1OC. The first kappa shape index (κ1) is 40.7. The van der Waals surface area contributed by atoms with Gasteiger partial charge in [0.15, 0.2) is 18.4 Å². The van der Waals surface area contributed by atoms with E-state index in [1.54, 1.807) is 14.2 Å². The first-order valence-electron chi connectivity index (χ1n) is 21.0. The van der Waals surface area contributed by atoms with Crippen molar-refractivity contribution in [3.63, 3.8) is 0 Å². The molecule has 3 unspecified atom stereocenters. The van der Waals surface area contributed by atoms with Crippen LogP contribution >= 0.6 is 0 Å². The number of carbonyl (C=O) groups is 2. The summed E-state index contributed by atoms with van der Waals surface area (Å²) in [5, 5.41) is 0. The van der Waals surface area contributed by atoms with Crippen LogP contribution in [0.25, 0.3) is 0 Å². The number of likely N-dealkylation sites (N-methyl/N-ethyl adjacent to an activating group) is 1. The number of Topliss-reactive ketones (excluding diaryl/α,β-unsaturated/α-hetero) is 1. The third kappa shape index (κ3) is 7.99. The molecule has 0 aromatic heterocycles. The fourth-order valence-corrected chi connectivity index (χ4v) is 11.4. The van der Waals surface area contributed by atoms with Crippen molar-refractivity contribution in [2.45, 2.75) is 172 Å². The van der Waals surface area contributed by atoms with E-state index in [1.165, 1.54) is 0 Å². The third-order valence-electron chi connectivity index (χ3n) is 14.1. The Morgan fingerprint density at radius 3 is 2.28 bits per heavy atom. The van der Waals surface area contributed by atoms with Crippen molar-refractivity contribution in [3.8, 4) is 0 Å². The molecule has 0 N–H and O–H groups in total. The van der Waals surface area contributed by atoms with Crippen LogP contribution < -0.4 is 0 Å². The number of allylic oxidation sites excluding steroid dienone is 2. The molecule has 4 saturated heterocycles. The van der Waals surface area contributed by atoms with Gasteiger partial charge >= 0.3 is 5.97 Å². The number of hydrogen-bond donors (Lipinski definition) is 0. The Balaban J connectivity index is 1.11. The summed E-state index contributed by atoms with van der Waals surface area (Å²) in [6.07, 6.45) is 6.23. The largest absolute Gasteiger partial charge is 0.462 e. The average molecular weight is 762 g/mol. The van der Waals surface area contributed by atoms with Gasteiger partial charge in [-0.2, -0.15) is 0 Å². The highest BCUT2D eigenvalue weighted by Gasteiger charge is 2.66. The topological polar surface area (TPSA) is 124 Å². The summed E-state index contributed by atoms with van der Waals surface area (Å²) in [7, 11) is 7.52. The fourth-order valence-electron chi connectivity index (χ4n) is 11.4. The second kappa shape index (κ2) is 17.2. The van der Waals surface area contributed by atoms with Crippen LogP contribution in [0.15, 0.2) is 11.6 Å². The van der Waals surface area contributed by atoms with Crippen LogP contribution in [0, 0.1) is 35.5 Å². The first-order valence-corrected chi connectivity index (χ1v) is 21.0. The van der Waals surface area contributed by atoms with E-state index >= 15 is 0 Å². The minimum atomic E-state index is -0.604. The van der Waals surface area contributed by atoms with Gasteiger partial charge in [-0.15, -0.1) is 0 Å². The molecule has 306 valence electrons. The highest BCUT2D eigenvalue weighted by atomic mass is 16.7. The Kier molecular flexibility index (Phi) is 12.9. The first-order chi connectivity index (χ1) is 26.0. The zero-order valence-electron chi connectivity index (χ0n) is 34.1. The van der Waals surface area contributed by atoms with E-state index < -0.39 is 12.4 Å². The van der Waals surface area contributed by atoms with Crippen molar-refractivity contribution in [1.82, 2.24) is 4.90 Å². The lowest BCUT2D eigenvalue weighted by Crippen LogP contribution is -2.60. The Bertz CT molecular complexity index is 1340. The standard InChI is InChI=1S/C42H67NO11/c1-10-24-13-12-14-32(53-34-16-15-31(43(6)7)22(4)49-34)21(3)36(45)29-19-27-26-17-25(18-30(26)38-39(54-38)35(27)28(29)20-33(44)51-24)52-42-41(47-9)40(48-11-2)37(46-8)23(5)50-42/h19,21-28,30-32,34-35,37-42H,10-18,20H2,1-9H3/t21-,22?,23?,24+,25+,26+,27+,28-,30-,31+,32+,34+,35-,37+,38-,39+,40?,41+,42+/m1/s1. The highest BCUT2D eigenvalue weighted by Crippen LogP contribution is 2.63. The molecule has 0 amide bonds. The lowest BCUT2D eigenvalue weighted by atomic mass is 9.66. The quantitative estimate of drug-likeness (QED) is 0.218. The van der Waals surface area contributed by atoms with E-state index in [1.807, 2.05) is 20.8 Å². The number of hydrogen-bond acceptors (Lipinski definition) is 12. The molecular formula is C42H67NO11. The molecule has 3 aliphatic carbocycles. The van der Waals surface area contributed by atoms with E-state index in [2.05, 4.69) is 38.9 Å². The number of carbonyl (C=O) groups excluding carboxylic acids is 2. The van der Waals surface area contributed by atoms with E-state index in [9.17, 15) is 9.59 Å². The summed E-state index contributed by atoms with van der Waals surface area (Å²) in [5.41, 5.74) is 0.760. The van der Waals surface area contributed by atoms with Gasteiger partial charge in [-0.1, -0.05) is 19.9 Å². The number of cyclic esters (lactones) is 1. The van der Waals surface area contributed by atoms with Crippen molar-refractivity contribution in [2.75, 3.05) is 34.9 Å². The van der Waals surface area contributed by atoms with Crippen molar-refractivity contribution >= 4 is 11.8 Å². The smallest absolute Gasteiger partial charge is 0.306 e. The Morgan fingerprint density at radius 2 is 1.59 bits per heavy atom. The summed E-state index contributed by atoms with van der Waals surface area (Å²) >= 11 is 0. The number of ether oxygens (including phenoxy) is 9. The third-order valence-corrected chi connectivity index (χ3v) is 14.1. The van der Waals surface area contributed by atoms with Gasteiger partial charge in [0, 0.05) is 44.6 Å². The molecule has 0 spiro atoms. The maximum atomic E-state index is 14.8. The van der Waals surface area contributed by atoms with Crippen LogP contribution in [-0.4, -0.2) is 131 Å². The maximum Gasteiger partial charge on any atom is 0.306 e. The van der Waals surface area contributed by atoms with Gasteiger partial charge in [0.1, 0.15) is 24.4 Å². The van der Waals surface area contributed by atoms with Crippen LogP contribution in [0.4, 0.5) is 0 Å². The second-order valence-electron chi connectivity index (χ2n) is 17.4. The van der Waals surface area contributed by atoms with Gasteiger partial charge in [0.25, 0.3) is 0 Å². The van der Waals surface area contributed by atoms with Crippen LogP contribution in [0.2, 0.25) is 0 Å². The van der Waals surface area contributed by atoms with Crippen LogP contribution in [-0.2, 0) is 52.2 Å². The Labute approximate surface area is 322 Å². The van der Waals surface area contributed by atoms with Crippen molar-refractivity contribution in [3.05, 3.63) is 11.6 Å². The zero-order chi connectivity index (χ0) is 38.4. The number of ketones is 1. The molecule has 54 heavy (non-hydrogen) atoms. The molecule has 0 aromatic carbocycles. The summed E-state index contributed by atoms with van der Waals surface area (Å²) in [4.78, 5) is 30.6. The fraction of sp³-hybridized carbons (Fsp3) is 0.905. The lowest BCUT2D eigenvalue weighted by molar-refractivity contribution is -0.317. The molecule has 4 aliphatic heterocycles. The molecule has 19 atom stereocenters. The predicted octanol–water partition coefficient (Wildman–Crippen LogP) is 5.09. The highest BCUT2D eigenvalue weighted by molar-refractivity contribution is 5.99. The lowest BCUT2D eigenvalue weighted by Gasteiger charge is -2.44. The molecule has 0 bridgehead atoms. The molecule has 0 radical (unpaired) electrons. The minimum Gasteiger partial charge on any atom is -0.462 e. The van der Waals surface area contributed by atoms with Crippen molar-refractivity contribution in [2.24, 2.45) is 35.5 Å². The number of nitrogens with zero attached hydrogens (tertiary/aromatic N) is 1. The van der Waals surface area contributed by atoms with E-state index in [-0.39, 0.29) is 109 Å². The number of methoxy groups -OCH3 is 2. The molecule has 7 rings (SSSR count).